The summed E-state index contributed by atoms with van der Waals surface area (Å²) in [6.07, 6.45) is 1.85. The van der Waals surface area contributed by atoms with E-state index in [4.69, 9.17) is 0 Å². The van der Waals surface area contributed by atoms with Crippen LogP contribution in [0, 0.1) is 6.92 Å². The Morgan fingerprint density at radius 3 is 2.58 bits per heavy atom. The van der Waals surface area contributed by atoms with Crippen LogP contribution in [0.1, 0.15) is 18.1 Å². The summed E-state index contributed by atoms with van der Waals surface area (Å²) in [5.41, 5.74) is 3.78. The molecule has 1 N–H and O–H groups in total. The Morgan fingerprint density at radius 1 is 1.16 bits per heavy atom. The third kappa shape index (κ3) is 3.71. The zero-order valence-electron chi connectivity index (χ0n) is 11.9. The first kappa shape index (κ1) is 13.4. The van der Waals surface area contributed by atoms with Gasteiger partial charge in [-0.15, -0.1) is 0 Å². The van der Waals surface area contributed by atoms with Crippen LogP contribution < -0.4 is 10.2 Å². The van der Waals surface area contributed by atoms with Gasteiger partial charge in [0.25, 0.3) is 0 Å². The van der Waals surface area contributed by atoms with Crippen molar-refractivity contribution in [2.45, 2.75) is 20.4 Å². The Balaban J connectivity index is 2.08. The van der Waals surface area contributed by atoms with Crippen molar-refractivity contribution in [1.29, 1.82) is 0 Å². The van der Waals surface area contributed by atoms with Gasteiger partial charge in [0.15, 0.2) is 0 Å². The van der Waals surface area contributed by atoms with E-state index < -0.39 is 0 Å². The smallest absolute Gasteiger partial charge is 0.127 e. The minimum Gasteiger partial charge on any atom is -0.370 e. The van der Waals surface area contributed by atoms with Crippen molar-refractivity contribution < 1.29 is 0 Å². The lowest BCUT2D eigenvalue weighted by Gasteiger charge is -2.20. The molecule has 0 atom stereocenters. The zero-order valence-corrected chi connectivity index (χ0v) is 11.9. The number of nitrogens with zero attached hydrogens (tertiary/aromatic N) is 2. The van der Waals surface area contributed by atoms with E-state index in [9.17, 15) is 0 Å². The largest absolute Gasteiger partial charge is 0.370 e. The van der Waals surface area contributed by atoms with Gasteiger partial charge in [0.05, 0.1) is 0 Å². The van der Waals surface area contributed by atoms with Crippen LogP contribution in [-0.4, -0.2) is 18.6 Å². The Kier molecular flexibility index (Phi) is 4.39. The summed E-state index contributed by atoms with van der Waals surface area (Å²) < 4.78 is 0. The van der Waals surface area contributed by atoms with Gasteiger partial charge in [-0.1, -0.05) is 29.8 Å². The van der Waals surface area contributed by atoms with Crippen molar-refractivity contribution in [3.63, 3.8) is 0 Å². The third-order valence-corrected chi connectivity index (χ3v) is 3.08. The Hall–Kier alpha value is -2.03. The molecule has 0 bridgehead atoms. The minimum absolute atomic E-state index is 0.887. The van der Waals surface area contributed by atoms with Crippen molar-refractivity contribution in [3.05, 3.63) is 53.7 Å². The van der Waals surface area contributed by atoms with Gasteiger partial charge in [-0.05, 0) is 25.5 Å². The molecule has 2 aromatic rings. The normalized spacial score (nSPS) is 10.3. The van der Waals surface area contributed by atoms with Crippen LogP contribution in [0.25, 0.3) is 0 Å². The van der Waals surface area contributed by atoms with E-state index in [1.807, 2.05) is 12.3 Å². The van der Waals surface area contributed by atoms with E-state index in [0.29, 0.717) is 0 Å². The van der Waals surface area contributed by atoms with Crippen molar-refractivity contribution in [1.82, 2.24) is 4.98 Å². The van der Waals surface area contributed by atoms with Gasteiger partial charge < -0.3 is 10.2 Å². The molecule has 0 aliphatic carbocycles. The molecule has 1 aromatic heterocycles. The predicted octanol–water partition coefficient (Wildman–Crippen LogP) is 3.46. The zero-order chi connectivity index (χ0) is 13.7. The SMILES string of the molecule is CCNc1cc(N(C)Cc2ccc(C)cc2)ccn1. The number of nitrogens with one attached hydrogen (secondary N) is 1. The molecule has 1 heterocycles. The molecule has 1 aromatic carbocycles. The molecule has 0 spiro atoms. The molecule has 0 radical (unpaired) electrons. The maximum atomic E-state index is 4.29. The standard InChI is InChI=1S/C16H21N3/c1-4-17-16-11-15(9-10-18-16)19(3)12-14-7-5-13(2)6-8-14/h5-11H,4,12H2,1-3H3,(H,17,18). The minimum atomic E-state index is 0.887. The van der Waals surface area contributed by atoms with Gasteiger partial charge in [0.1, 0.15) is 5.82 Å². The van der Waals surface area contributed by atoms with Crippen LogP contribution in [0.2, 0.25) is 0 Å². The van der Waals surface area contributed by atoms with Crippen LogP contribution in [-0.2, 0) is 6.54 Å². The van der Waals surface area contributed by atoms with Crippen molar-refractivity contribution in [2.75, 3.05) is 23.8 Å². The molecule has 2 rings (SSSR count). The van der Waals surface area contributed by atoms with Gasteiger partial charge in [-0.3, -0.25) is 0 Å². The summed E-state index contributed by atoms with van der Waals surface area (Å²) in [5, 5.41) is 3.24. The Morgan fingerprint density at radius 2 is 1.89 bits per heavy atom. The second kappa shape index (κ2) is 6.23. The van der Waals surface area contributed by atoms with Crippen LogP contribution in [0.4, 0.5) is 11.5 Å². The average molecular weight is 255 g/mol. The molecule has 0 aliphatic heterocycles. The number of hydrogen-bond donors (Lipinski definition) is 1. The molecule has 19 heavy (non-hydrogen) atoms. The van der Waals surface area contributed by atoms with Gasteiger partial charge in [0.2, 0.25) is 0 Å². The van der Waals surface area contributed by atoms with Crippen molar-refractivity contribution >= 4 is 11.5 Å². The highest BCUT2D eigenvalue weighted by Gasteiger charge is 2.03. The third-order valence-electron chi connectivity index (χ3n) is 3.08. The van der Waals surface area contributed by atoms with Crippen LogP contribution >= 0.6 is 0 Å². The van der Waals surface area contributed by atoms with Crippen LogP contribution in [0.15, 0.2) is 42.6 Å². The molecule has 100 valence electrons. The summed E-state index contributed by atoms with van der Waals surface area (Å²) in [6, 6.07) is 12.8. The maximum absolute atomic E-state index is 4.29. The highest BCUT2D eigenvalue weighted by atomic mass is 15.1. The lowest BCUT2D eigenvalue weighted by molar-refractivity contribution is 0.920. The molecule has 0 fully saturated rings. The fourth-order valence-corrected chi connectivity index (χ4v) is 1.99. The lowest BCUT2D eigenvalue weighted by atomic mass is 10.1. The molecule has 3 heteroatoms. The van der Waals surface area contributed by atoms with E-state index in [0.717, 1.165) is 18.9 Å². The first-order valence-electron chi connectivity index (χ1n) is 6.65. The average Bonchev–Trinajstić information content (AvgIpc) is 2.42. The number of benzene rings is 1. The monoisotopic (exact) mass is 255 g/mol. The summed E-state index contributed by atoms with van der Waals surface area (Å²) in [5.74, 6) is 0.927. The molecule has 0 aliphatic rings. The van der Waals surface area contributed by atoms with Crippen LogP contribution in [0.3, 0.4) is 0 Å². The first-order chi connectivity index (χ1) is 9.19. The molecule has 3 nitrogen and oxygen atoms in total. The summed E-state index contributed by atoms with van der Waals surface area (Å²) in [7, 11) is 2.10. The van der Waals surface area contributed by atoms with Gasteiger partial charge in [-0.25, -0.2) is 4.98 Å². The molecular formula is C16H21N3. The summed E-state index contributed by atoms with van der Waals surface area (Å²) in [6.45, 7) is 5.97. The second-order valence-electron chi connectivity index (χ2n) is 4.77. The highest BCUT2D eigenvalue weighted by Crippen LogP contribution is 2.18. The van der Waals surface area contributed by atoms with E-state index in [-0.39, 0.29) is 0 Å². The maximum Gasteiger partial charge on any atom is 0.127 e. The highest BCUT2D eigenvalue weighted by molar-refractivity contribution is 5.53. The Labute approximate surface area is 115 Å². The fourth-order valence-electron chi connectivity index (χ4n) is 1.99. The van der Waals surface area contributed by atoms with Crippen molar-refractivity contribution in [3.8, 4) is 0 Å². The van der Waals surface area contributed by atoms with Crippen LogP contribution in [0.5, 0.6) is 0 Å². The van der Waals surface area contributed by atoms with E-state index in [1.165, 1.54) is 16.8 Å². The number of aromatic nitrogens is 1. The van der Waals surface area contributed by atoms with E-state index >= 15 is 0 Å². The predicted molar refractivity (Wildman–Crippen MR) is 81.7 cm³/mol. The molecule has 0 saturated carbocycles. The lowest BCUT2D eigenvalue weighted by Crippen LogP contribution is -2.16. The number of hydrogen-bond acceptors (Lipinski definition) is 3. The van der Waals surface area contributed by atoms with E-state index in [2.05, 4.69) is 66.4 Å². The molecule has 0 saturated heterocycles. The second-order valence-corrected chi connectivity index (χ2v) is 4.77. The summed E-state index contributed by atoms with van der Waals surface area (Å²) in [4.78, 5) is 6.52. The number of rotatable bonds is 5. The molecular weight excluding hydrogens is 234 g/mol. The Bertz CT molecular complexity index is 520. The van der Waals surface area contributed by atoms with Gasteiger partial charge >= 0.3 is 0 Å². The van der Waals surface area contributed by atoms with E-state index in [1.54, 1.807) is 0 Å². The van der Waals surface area contributed by atoms with Gasteiger partial charge in [0, 0.05) is 38.1 Å². The fraction of sp³-hybridized carbons (Fsp3) is 0.312. The summed E-state index contributed by atoms with van der Waals surface area (Å²) >= 11 is 0. The number of aryl methyl sites for hydroxylation is 1. The first-order valence-corrected chi connectivity index (χ1v) is 6.65. The number of pyridine rings is 1. The molecule has 0 unspecified atom stereocenters. The topological polar surface area (TPSA) is 28.2 Å². The number of anilines is 2. The quantitative estimate of drug-likeness (QED) is 0.887. The van der Waals surface area contributed by atoms with Gasteiger partial charge in [-0.2, -0.15) is 0 Å². The molecule has 0 amide bonds. The van der Waals surface area contributed by atoms with Crippen molar-refractivity contribution in [2.24, 2.45) is 0 Å².